The highest BCUT2D eigenvalue weighted by atomic mass is 19.1. The lowest BCUT2D eigenvalue weighted by atomic mass is 10.0. The van der Waals surface area contributed by atoms with Gasteiger partial charge in [0, 0.05) is 11.9 Å². The highest BCUT2D eigenvalue weighted by molar-refractivity contribution is 6.07. The monoisotopic (exact) mass is 372 g/mol. The van der Waals surface area contributed by atoms with E-state index in [4.69, 9.17) is 4.84 Å². The number of benzene rings is 2. The standard InChI is InChI=1S/C20H18F2N2O3/c1-3-27-24-12(2)17(15-8-5-9-16(22)18(15)20(24)26)19(25)23-11-13-6-4-7-14(21)10-13/h4-10H,3,11H2,1-2H3,(H,23,25). The molecule has 140 valence electrons. The zero-order chi connectivity index (χ0) is 19.6. The summed E-state index contributed by atoms with van der Waals surface area (Å²) in [4.78, 5) is 30.7. The smallest absolute Gasteiger partial charge is 0.294 e. The molecule has 1 N–H and O–H groups in total. The van der Waals surface area contributed by atoms with Crippen LogP contribution in [0.1, 0.15) is 28.5 Å². The Morgan fingerprint density at radius 2 is 1.93 bits per heavy atom. The first-order valence-corrected chi connectivity index (χ1v) is 8.43. The third-order valence-electron chi connectivity index (χ3n) is 4.18. The maximum Gasteiger partial charge on any atom is 0.294 e. The number of hydrogen-bond acceptors (Lipinski definition) is 3. The van der Waals surface area contributed by atoms with Crippen molar-refractivity contribution in [2.24, 2.45) is 0 Å². The van der Waals surface area contributed by atoms with Gasteiger partial charge in [-0.15, -0.1) is 4.73 Å². The lowest BCUT2D eigenvalue weighted by molar-refractivity contribution is 0.0925. The van der Waals surface area contributed by atoms with Crippen molar-refractivity contribution in [3.8, 4) is 0 Å². The average Bonchev–Trinajstić information content (AvgIpc) is 2.63. The number of fused-ring (bicyclic) bond motifs is 1. The van der Waals surface area contributed by atoms with Crippen LogP contribution >= 0.6 is 0 Å². The fourth-order valence-corrected chi connectivity index (χ4v) is 2.99. The van der Waals surface area contributed by atoms with Crippen molar-refractivity contribution >= 4 is 16.7 Å². The van der Waals surface area contributed by atoms with Crippen LogP contribution in [0.3, 0.4) is 0 Å². The third kappa shape index (κ3) is 3.53. The van der Waals surface area contributed by atoms with E-state index in [1.165, 1.54) is 24.3 Å². The van der Waals surface area contributed by atoms with Crippen LogP contribution in [0.25, 0.3) is 10.8 Å². The number of aromatic nitrogens is 1. The predicted octanol–water partition coefficient (Wildman–Crippen LogP) is 2.97. The number of carbonyl (C=O) groups excluding carboxylic acids is 1. The molecule has 0 atom stereocenters. The van der Waals surface area contributed by atoms with Crippen LogP contribution in [0, 0.1) is 18.6 Å². The van der Waals surface area contributed by atoms with Crippen molar-refractivity contribution in [2.45, 2.75) is 20.4 Å². The van der Waals surface area contributed by atoms with E-state index in [1.807, 2.05) is 0 Å². The molecule has 0 saturated carbocycles. The van der Waals surface area contributed by atoms with Gasteiger partial charge in [0.1, 0.15) is 18.2 Å². The van der Waals surface area contributed by atoms with Crippen LogP contribution in [0.15, 0.2) is 47.3 Å². The number of pyridine rings is 1. The third-order valence-corrected chi connectivity index (χ3v) is 4.18. The molecule has 5 nitrogen and oxygen atoms in total. The molecule has 1 amide bonds. The van der Waals surface area contributed by atoms with Crippen molar-refractivity contribution in [1.29, 1.82) is 0 Å². The number of amides is 1. The minimum atomic E-state index is -0.731. The molecule has 0 unspecified atom stereocenters. The summed E-state index contributed by atoms with van der Waals surface area (Å²) in [6.45, 7) is 3.49. The molecular formula is C20H18F2N2O3. The van der Waals surface area contributed by atoms with Crippen molar-refractivity contribution in [2.75, 3.05) is 6.61 Å². The minimum Gasteiger partial charge on any atom is -0.411 e. The Hall–Kier alpha value is -3.22. The van der Waals surface area contributed by atoms with Crippen LogP contribution in [-0.2, 0) is 6.54 Å². The Morgan fingerprint density at radius 1 is 1.19 bits per heavy atom. The first-order chi connectivity index (χ1) is 12.9. The summed E-state index contributed by atoms with van der Waals surface area (Å²) in [6.07, 6.45) is 0. The molecular weight excluding hydrogens is 354 g/mol. The average molecular weight is 372 g/mol. The largest absolute Gasteiger partial charge is 0.411 e. The molecule has 7 heteroatoms. The Morgan fingerprint density at radius 3 is 2.63 bits per heavy atom. The zero-order valence-electron chi connectivity index (χ0n) is 14.9. The van der Waals surface area contributed by atoms with Gasteiger partial charge in [0.15, 0.2) is 0 Å². The highest BCUT2D eigenvalue weighted by Gasteiger charge is 2.22. The molecule has 3 aromatic rings. The number of halogens is 2. The van der Waals surface area contributed by atoms with Crippen molar-refractivity contribution in [3.63, 3.8) is 0 Å². The van der Waals surface area contributed by atoms with E-state index in [1.54, 1.807) is 26.0 Å². The van der Waals surface area contributed by atoms with E-state index in [-0.39, 0.29) is 35.2 Å². The molecule has 3 rings (SSSR count). The van der Waals surface area contributed by atoms with E-state index in [2.05, 4.69) is 5.32 Å². The number of nitrogens with one attached hydrogen (secondary N) is 1. The summed E-state index contributed by atoms with van der Waals surface area (Å²) >= 11 is 0. The molecule has 0 spiro atoms. The normalized spacial score (nSPS) is 10.8. The zero-order valence-corrected chi connectivity index (χ0v) is 14.9. The Balaban J connectivity index is 2.08. The van der Waals surface area contributed by atoms with Crippen LogP contribution < -0.4 is 15.7 Å². The number of nitrogens with zero attached hydrogens (tertiary/aromatic N) is 1. The lowest BCUT2D eigenvalue weighted by Gasteiger charge is -2.17. The second kappa shape index (κ2) is 7.57. The van der Waals surface area contributed by atoms with Gasteiger partial charge < -0.3 is 10.2 Å². The second-order valence-corrected chi connectivity index (χ2v) is 5.95. The molecule has 0 aliphatic carbocycles. The summed E-state index contributed by atoms with van der Waals surface area (Å²) in [5, 5.41) is 2.67. The first kappa shape index (κ1) is 18.6. The van der Waals surface area contributed by atoms with Crippen molar-refractivity contribution < 1.29 is 18.4 Å². The van der Waals surface area contributed by atoms with Crippen molar-refractivity contribution in [3.05, 3.63) is 81.3 Å². The van der Waals surface area contributed by atoms with Crippen LogP contribution in [0.2, 0.25) is 0 Å². The van der Waals surface area contributed by atoms with Gasteiger partial charge in [0.25, 0.3) is 11.5 Å². The summed E-state index contributed by atoms with van der Waals surface area (Å²) < 4.78 is 28.5. The molecule has 0 fully saturated rings. The summed E-state index contributed by atoms with van der Waals surface area (Å²) in [7, 11) is 0. The highest BCUT2D eigenvalue weighted by Crippen LogP contribution is 2.21. The number of rotatable bonds is 5. The first-order valence-electron chi connectivity index (χ1n) is 8.43. The Labute approximate surface area is 154 Å². The van der Waals surface area contributed by atoms with Gasteiger partial charge in [-0.2, -0.15) is 0 Å². The summed E-state index contributed by atoms with van der Waals surface area (Å²) in [5.74, 6) is -1.65. The maximum absolute atomic E-state index is 14.3. The van der Waals surface area contributed by atoms with E-state index < -0.39 is 23.1 Å². The van der Waals surface area contributed by atoms with Gasteiger partial charge in [0.05, 0.1) is 16.6 Å². The minimum absolute atomic E-state index is 0.0839. The Bertz CT molecular complexity index is 1080. The molecule has 27 heavy (non-hydrogen) atoms. The fraction of sp³-hybridized carbons (Fsp3) is 0.200. The van der Waals surface area contributed by atoms with Crippen LogP contribution in [0.5, 0.6) is 0 Å². The maximum atomic E-state index is 14.3. The quantitative estimate of drug-likeness (QED) is 0.749. The van der Waals surface area contributed by atoms with E-state index in [0.717, 1.165) is 10.8 Å². The summed E-state index contributed by atoms with van der Waals surface area (Å²) in [6, 6.07) is 9.95. The van der Waals surface area contributed by atoms with Gasteiger partial charge in [-0.25, -0.2) is 8.78 Å². The number of carbonyl (C=O) groups is 1. The van der Waals surface area contributed by atoms with Crippen LogP contribution in [-0.4, -0.2) is 17.2 Å². The van der Waals surface area contributed by atoms with Gasteiger partial charge >= 0.3 is 0 Å². The molecule has 0 saturated heterocycles. The van der Waals surface area contributed by atoms with Gasteiger partial charge in [-0.3, -0.25) is 9.59 Å². The predicted molar refractivity (Wildman–Crippen MR) is 97.6 cm³/mol. The lowest BCUT2D eigenvalue weighted by Crippen LogP contribution is -2.34. The van der Waals surface area contributed by atoms with E-state index in [0.29, 0.717) is 5.56 Å². The van der Waals surface area contributed by atoms with E-state index in [9.17, 15) is 18.4 Å². The topological polar surface area (TPSA) is 60.3 Å². The van der Waals surface area contributed by atoms with Crippen LogP contribution in [0.4, 0.5) is 8.78 Å². The second-order valence-electron chi connectivity index (χ2n) is 5.95. The van der Waals surface area contributed by atoms with Gasteiger partial charge in [-0.1, -0.05) is 24.3 Å². The molecule has 0 aliphatic rings. The number of hydrogen-bond donors (Lipinski definition) is 1. The molecule has 1 aromatic heterocycles. The molecule has 2 aromatic carbocycles. The fourth-order valence-electron chi connectivity index (χ4n) is 2.99. The molecule has 0 radical (unpaired) electrons. The van der Waals surface area contributed by atoms with Crippen molar-refractivity contribution in [1.82, 2.24) is 10.0 Å². The Kier molecular flexibility index (Phi) is 5.21. The van der Waals surface area contributed by atoms with E-state index >= 15 is 0 Å². The van der Waals surface area contributed by atoms with Gasteiger partial charge in [-0.05, 0) is 37.6 Å². The summed E-state index contributed by atoms with van der Waals surface area (Å²) in [5.41, 5.74) is 0.310. The molecule has 1 heterocycles. The molecule has 0 aliphatic heterocycles. The molecule has 0 bridgehead atoms. The van der Waals surface area contributed by atoms with Gasteiger partial charge in [0.2, 0.25) is 0 Å². The SMILES string of the molecule is CCOn1c(C)c(C(=O)NCc2cccc(F)c2)c2cccc(F)c2c1=O.